The summed E-state index contributed by atoms with van der Waals surface area (Å²) in [4.78, 5) is 0. The second-order valence-electron chi connectivity index (χ2n) is 6.51. The van der Waals surface area contributed by atoms with E-state index in [1.54, 1.807) is 0 Å². The smallest absolute Gasteiger partial charge is 0.0899 e. The second-order valence-corrected chi connectivity index (χ2v) is 6.51. The maximum Gasteiger partial charge on any atom is 0.0899 e. The molecular formula is C17H26O. The minimum Gasteiger partial charge on any atom is -0.385 e. The molecule has 1 aromatic rings. The molecule has 2 rings (SSSR count). The zero-order valence-corrected chi connectivity index (χ0v) is 12.1. The Morgan fingerprint density at radius 3 is 2.22 bits per heavy atom. The van der Waals surface area contributed by atoms with Crippen LogP contribution >= 0.6 is 0 Å². The molecule has 1 N–H and O–H groups in total. The third-order valence-electron chi connectivity index (χ3n) is 4.76. The minimum absolute atomic E-state index is 0.555. The largest absolute Gasteiger partial charge is 0.385 e. The first-order chi connectivity index (χ1) is 8.42. The zero-order chi connectivity index (χ0) is 13.3. The first kappa shape index (κ1) is 13.6. The lowest BCUT2D eigenvalue weighted by molar-refractivity contribution is -0.0336. The molecule has 1 fully saturated rings. The van der Waals surface area contributed by atoms with Gasteiger partial charge >= 0.3 is 0 Å². The highest BCUT2D eigenvalue weighted by atomic mass is 16.3. The van der Waals surface area contributed by atoms with E-state index < -0.39 is 5.60 Å². The summed E-state index contributed by atoms with van der Waals surface area (Å²) in [6.07, 6.45) is 2.93. The molecule has 1 saturated carbocycles. The Hall–Kier alpha value is -0.820. The Morgan fingerprint density at radius 2 is 1.72 bits per heavy atom. The Morgan fingerprint density at radius 1 is 1.11 bits per heavy atom. The summed E-state index contributed by atoms with van der Waals surface area (Å²) in [5.41, 5.74) is 1.85. The van der Waals surface area contributed by atoms with Crippen molar-refractivity contribution >= 4 is 0 Å². The van der Waals surface area contributed by atoms with E-state index in [1.165, 1.54) is 5.56 Å². The van der Waals surface area contributed by atoms with Gasteiger partial charge in [0, 0.05) is 0 Å². The molecule has 100 valence electrons. The first-order valence-electron chi connectivity index (χ1n) is 7.25. The molecule has 1 aromatic carbocycles. The number of hydrogen-bond donors (Lipinski definition) is 1. The van der Waals surface area contributed by atoms with Gasteiger partial charge < -0.3 is 5.11 Å². The first-order valence-corrected chi connectivity index (χ1v) is 7.25. The lowest BCUT2D eigenvalue weighted by atomic mass is 9.70. The third kappa shape index (κ3) is 2.61. The van der Waals surface area contributed by atoms with E-state index in [4.69, 9.17) is 0 Å². The maximum atomic E-state index is 10.9. The topological polar surface area (TPSA) is 20.2 Å². The highest BCUT2D eigenvalue weighted by Crippen LogP contribution is 2.42. The summed E-state index contributed by atoms with van der Waals surface area (Å²) in [5, 5.41) is 10.9. The summed E-state index contributed by atoms with van der Waals surface area (Å²) < 4.78 is 0. The quantitative estimate of drug-likeness (QED) is 0.817. The van der Waals surface area contributed by atoms with Crippen LogP contribution in [-0.4, -0.2) is 5.11 Å². The van der Waals surface area contributed by atoms with Crippen LogP contribution in [0.5, 0.6) is 0 Å². The van der Waals surface area contributed by atoms with Crippen molar-refractivity contribution in [3.63, 3.8) is 0 Å². The fraction of sp³-hybridized carbons (Fsp3) is 0.647. The van der Waals surface area contributed by atoms with Crippen LogP contribution in [0.25, 0.3) is 0 Å². The average molecular weight is 246 g/mol. The van der Waals surface area contributed by atoms with Crippen molar-refractivity contribution in [1.29, 1.82) is 0 Å². The van der Waals surface area contributed by atoms with Crippen molar-refractivity contribution in [3.05, 3.63) is 35.4 Å². The number of rotatable bonds is 2. The van der Waals surface area contributed by atoms with E-state index in [0.717, 1.165) is 30.7 Å². The number of benzene rings is 1. The molecule has 1 heteroatoms. The van der Waals surface area contributed by atoms with Gasteiger partial charge in [-0.1, -0.05) is 52.0 Å². The van der Waals surface area contributed by atoms with Crippen molar-refractivity contribution < 1.29 is 5.11 Å². The average Bonchev–Trinajstić information content (AvgIpc) is 2.34. The van der Waals surface area contributed by atoms with Gasteiger partial charge in [-0.25, -0.2) is 0 Å². The molecule has 0 saturated heterocycles. The maximum absolute atomic E-state index is 10.9. The molecule has 3 atom stereocenters. The van der Waals surface area contributed by atoms with Gasteiger partial charge in [0.15, 0.2) is 0 Å². The summed E-state index contributed by atoms with van der Waals surface area (Å²) in [6, 6.07) is 8.58. The summed E-state index contributed by atoms with van der Waals surface area (Å²) in [7, 11) is 0. The Balaban J connectivity index is 2.20. The van der Waals surface area contributed by atoms with Crippen LogP contribution in [0.1, 0.15) is 64.0 Å². The molecule has 0 aromatic heterocycles. The monoisotopic (exact) mass is 246 g/mol. The minimum atomic E-state index is -0.596. The molecular weight excluding hydrogens is 220 g/mol. The highest BCUT2D eigenvalue weighted by molar-refractivity contribution is 5.29. The molecule has 0 aliphatic heterocycles. The van der Waals surface area contributed by atoms with Crippen LogP contribution < -0.4 is 0 Å². The van der Waals surface area contributed by atoms with Crippen LogP contribution in [-0.2, 0) is 5.60 Å². The molecule has 0 heterocycles. The second kappa shape index (κ2) is 5.05. The van der Waals surface area contributed by atoms with E-state index in [9.17, 15) is 5.11 Å². The van der Waals surface area contributed by atoms with Crippen LogP contribution in [0.3, 0.4) is 0 Å². The van der Waals surface area contributed by atoms with Gasteiger partial charge in [-0.2, -0.15) is 0 Å². The molecule has 0 radical (unpaired) electrons. The van der Waals surface area contributed by atoms with Crippen LogP contribution in [0, 0.1) is 11.8 Å². The molecule has 3 unspecified atom stereocenters. The lowest BCUT2D eigenvalue weighted by Crippen LogP contribution is -2.35. The van der Waals surface area contributed by atoms with Crippen LogP contribution in [0.2, 0.25) is 0 Å². The van der Waals surface area contributed by atoms with Crippen molar-refractivity contribution in [1.82, 2.24) is 0 Å². The zero-order valence-electron chi connectivity index (χ0n) is 12.1. The molecule has 0 spiro atoms. The number of aliphatic hydroxyl groups is 1. The van der Waals surface area contributed by atoms with E-state index in [1.807, 2.05) is 0 Å². The third-order valence-corrected chi connectivity index (χ3v) is 4.76. The molecule has 1 aliphatic rings. The normalized spacial score (nSPS) is 32.8. The molecule has 0 amide bonds. The summed E-state index contributed by atoms with van der Waals surface area (Å²) >= 11 is 0. The Labute approximate surface area is 111 Å². The predicted molar refractivity (Wildman–Crippen MR) is 76.6 cm³/mol. The van der Waals surface area contributed by atoms with Crippen molar-refractivity contribution in [2.75, 3.05) is 0 Å². The SMILES string of the molecule is CC(C)c1ccc(C2(O)CCC(C)C(C)C2)cc1. The van der Waals surface area contributed by atoms with Gasteiger partial charge in [-0.15, -0.1) is 0 Å². The van der Waals surface area contributed by atoms with Crippen molar-refractivity contribution in [3.8, 4) is 0 Å². The summed E-state index contributed by atoms with van der Waals surface area (Å²) in [5.74, 6) is 1.90. The van der Waals surface area contributed by atoms with Gasteiger partial charge in [-0.05, 0) is 48.1 Å². The molecule has 18 heavy (non-hydrogen) atoms. The standard InChI is InChI=1S/C17H26O/c1-12(2)15-5-7-16(8-6-15)17(18)10-9-13(3)14(4)11-17/h5-8,12-14,18H,9-11H2,1-4H3. The number of hydrogen-bond acceptors (Lipinski definition) is 1. The van der Waals surface area contributed by atoms with E-state index in [2.05, 4.69) is 52.0 Å². The Kier molecular flexibility index (Phi) is 3.82. The molecule has 0 bridgehead atoms. The van der Waals surface area contributed by atoms with Gasteiger partial charge in [0.05, 0.1) is 5.60 Å². The van der Waals surface area contributed by atoms with Gasteiger partial charge in [0.25, 0.3) is 0 Å². The molecule has 1 aliphatic carbocycles. The van der Waals surface area contributed by atoms with Gasteiger partial charge in [0.2, 0.25) is 0 Å². The molecule has 1 nitrogen and oxygen atoms in total. The van der Waals surface area contributed by atoms with Crippen LogP contribution in [0.4, 0.5) is 0 Å². The van der Waals surface area contributed by atoms with E-state index in [0.29, 0.717) is 11.8 Å². The van der Waals surface area contributed by atoms with Crippen molar-refractivity contribution in [2.45, 2.75) is 58.5 Å². The van der Waals surface area contributed by atoms with E-state index >= 15 is 0 Å². The predicted octanol–water partition coefficient (Wildman–Crippen LogP) is 4.45. The highest BCUT2D eigenvalue weighted by Gasteiger charge is 2.37. The Bertz CT molecular complexity index is 393. The van der Waals surface area contributed by atoms with Crippen molar-refractivity contribution in [2.24, 2.45) is 11.8 Å². The van der Waals surface area contributed by atoms with Gasteiger partial charge in [-0.3, -0.25) is 0 Å². The van der Waals surface area contributed by atoms with E-state index in [-0.39, 0.29) is 0 Å². The van der Waals surface area contributed by atoms with Gasteiger partial charge in [0.1, 0.15) is 0 Å². The lowest BCUT2D eigenvalue weighted by Gasteiger charge is -2.39. The fourth-order valence-corrected chi connectivity index (χ4v) is 3.03. The summed E-state index contributed by atoms with van der Waals surface area (Å²) in [6.45, 7) is 8.96. The fourth-order valence-electron chi connectivity index (χ4n) is 3.03. The van der Waals surface area contributed by atoms with Crippen LogP contribution in [0.15, 0.2) is 24.3 Å².